The van der Waals surface area contributed by atoms with E-state index in [9.17, 15) is 4.79 Å². The highest BCUT2D eigenvalue weighted by Gasteiger charge is 2.20. The van der Waals surface area contributed by atoms with Gasteiger partial charge in [0.1, 0.15) is 5.76 Å². The van der Waals surface area contributed by atoms with Crippen molar-refractivity contribution in [2.75, 3.05) is 33.2 Å². The van der Waals surface area contributed by atoms with Crippen LogP contribution in [0.4, 0.5) is 0 Å². The number of amides is 1. The molecule has 1 aromatic heterocycles. The number of rotatable bonds is 8. The molecule has 1 N–H and O–H groups in total. The predicted octanol–water partition coefficient (Wildman–Crippen LogP) is 2.51. The van der Waals surface area contributed by atoms with E-state index in [1.807, 2.05) is 42.8 Å². The van der Waals surface area contributed by atoms with Gasteiger partial charge >= 0.3 is 0 Å². The maximum Gasteiger partial charge on any atom is 0.242 e. The molecule has 6 heteroatoms. The number of nitrogens with zero attached hydrogens (tertiary/aromatic N) is 3. The maximum absolute atomic E-state index is 12.4. The van der Waals surface area contributed by atoms with Gasteiger partial charge in [0.25, 0.3) is 0 Å². The minimum atomic E-state index is 0.138. The Morgan fingerprint density at radius 3 is 2.64 bits per heavy atom. The van der Waals surface area contributed by atoms with Gasteiger partial charge in [-0.1, -0.05) is 12.8 Å². The molecule has 1 amide bonds. The lowest BCUT2D eigenvalue weighted by Gasteiger charge is -2.27. The summed E-state index contributed by atoms with van der Waals surface area (Å²) in [4.78, 5) is 20.9. The van der Waals surface area contributed by atoms with Gasteiger partial charge < -0.3 is 19.5 Å². The van der Waals surface area contributed by atoms with E-state index in [4.69, 9.17) is 9.41 Å². The van der Waals surface area contributed by atoms with Gasteiger partial charge in [0, 0.05) is 39.1 Å². The van der Waals surface area contributed by atoms with Gasteiger partial charge in [0.2, 0.25) is 5.91 Å². The third-order valence-electron chi connectivity index (χ3n) is 4.74. The second-order valence-corrected chi connectivity index (χ2v) is 6.58. The summed E-state index contributed by atoms with van der Waals surface area (Å²) in [5.74, 6) is 1.89. The quantitative estimate of drug-likeness (QED) is 0.579. The fourth-order valence-corrected chi connectivity index (χ4v) is 3.21. The fourth-order valence-electron chi connectivity index (χ4n) is 3.21. The van der Waals surface area contributed by atoms with E-state index in [0.29, 0.717) is 19.1 Å². The van der Waals surface area contributed by atoms with Gasteiger partial charge in [-0.3, -0.25) is 9.79 Å². The monoisotopic (exact) mass is 348 g/mol. The second-order valence-electron chi connectivity index (χ2n) is 6.58. The number of hydrogen-bond donors (Lipinski definition) is 1. The van der Waals surface area contributed by atoms with Gasteiger partial charge in [-0.05, 0) is 38.8 Å². The number of carbonyl (C=O) groups is 1. The van der Waals surface area contributed by atoms with E-state index in [-0.39, 0.29) is 5.91 Å². The summed E-state index contributed by atoms with van der Waals surface area (Å²) in [5, 5.41) is 3.55. The first-order chi connectivity index (χ1) is 12.1. The minimum absolute atomic E-state index is 0.138. The normalized spacial score (nSPS) is 15.4. The zero-order valence-electron chi connectivity index (χ0n) is 15.8. The Hall–Kier alpha value is -1.98. The molecule has 1 fully saturated rings. The molecule has 6 nitrogen and oxygen atoms in total. The molecule has 0 bridgehead atoms. The number of guanidine groups is 1. The molecule has 1 saturated carbocycles. The van der Waals surface area contributed by atoms with E-state index in [1.165, 1.54) is 25.7 Å². The molecule has 1 aromatic rings. The number of aliphatic imine (C=N–C) groups is 1. The fraction of sp³-hybridized carbons (Fsp3) is 0.684. The molecule has 0 unspecified atom stereocenters. The van der Waals surface area contributed by atoms with Crippen LogP contribution < -0.4 is 5.32 Å². The maximum atomic E-state index is 12.4. The van der Waals surface area contributed by atoms with E-state index in [1.54, 1.807) is 6.26 Å². The number of hydrogen-bond acceptors (Lipinski definition) is 3. The highest BCUT2D eigenvalue weighted by Crippen LogP contribution is 2.17. The summed E-state index contributed by atoms with van der Waals surface area (Å²) in [5.41, 5.74) is 0. The Bertz CT molecular complexity index is 532. The van der Waals surface area contributed by atoms with Crippen LogP contribution in [0.5, 0.6) is 0 Å². The van der Waals surface area contributed by atoms with Crippen molar-refractivity contribution in [1.29, 1.82) is 0 Å². The van der Waals surface area contributed by atoms with Crippen LogP contribution in [0.1, 0.15) is 45.3 Å². The molecule has 0 spiro atoms. The number of furan rings is 1. The molecule has 1 heterocycles. The standard InChI is InChI=1S/C19H32N4O2/c1-4-23(5-2)18(24)15-22(3)19(21-16-9-6-7-10-16)20-13-12-17-11-8-14-25-17/h8,11,14,16H,4-7,9-10,12-13,15H2,1-3H3,(H,20,21). The number of nitrogens with one attached hydrogen (secondary N) is 1. The molecule has 0 radical (unpaired) electrons. The molecule has 0 aromatic carbocycles. The molecule has 1 aliphatic carbocycles. The Kier molecular flexibility index (Phi) is 7.82. The molecule has 25 heavy (non-hydrogen) atoms. The smallest absolute Gasteiger partial charge is 0.242 e. The van der Waals surface area contributed by atoms with Gasteiger partial charge in [-0.25, -0.2) is 0 Å². The Labute approximate surface area is 151 Å². The van der Waals surface area contributed by atoms with Crippen molar-refractivity contribution in [2.45, 2.75) is 52.0 Å². The predicted molar refractivity (Wildman–Crippen MR) is 101 cm³/mol. The van der Waals surface area contributed by atoms with Crippen LogP contribution in [0.2, 0.25) is 0 Å². The summed E-state index contributed by atoms with van der Waals surface area (Å²) < 4.78 is 5.37. The van der Waals surface area contributed by atoms with Crippen LogP contribution in [-0.2, 0) is 11.2 Å². The largest absolute Gasteiger partial charge is 0.469 e. The van der Waals surface area contributed by atoms with Crippen molar-refractivity contribution in [2.24, 2.45) is 4.99 Å². The first-order valence-electron chi connectivity index (χ1n) is 9.46. The van der Waals surface area contributed by atoms with Crippen molar-refractivity contribution in [3.8, 4) is 0 Å². The van der Waals surface area contributed by atoms with E-state index in [0.717, 1.165) is 31.2 Å². The number of likely N-dealkylation sites (N-methyl/N-ethyl adjacent to an activating group) is 2. The SMILES string of the molecule is CCN(CC)C(=O)CN(C)C(=NCCc1ccco1)NC1CCCC1. The summed E-state index contributed by atoms with van der Waals surface area (Å²) in [6.45, 7) is 6.49. The van der Waals surface area contributed by atoms with Crippen LogP contribution in [0, 0.1) is 0 Å². The third kappa shape index (κ3) is 6.11. The lowest BCUT2D eigenvalue weighted by atomic mass is 10.2. The van der Waals surface area contributed by atoms with Gasteiger partial charge in [-0.15, -0.1) is 0 Å². The summed E-state index contributed by atoms with van der Waals surface area (Å²) in [6, 6.07) is 4.33. The van der Waals surface area contributed by atoms with Crippen molar-refractivity contribution in [3.05, 3.63) is 24.2 Å². The Morgan fingerprint density at radius 1 is 1.32 bits per heavy atom. The molecule has 0 atom stereocenters. The Morgan fingerprint density at radius 2 is 2.04 bits per heavy atom. The van der Waals surface area contributed by atoms with Gasteiger partial charge in [0.05, 0.1) is 12.8 Å². The van der Waals surface area contributed by atoms with Crippen LogP contribution in [0.15, 0.2) is 27.8 Å². The second kappa shape index (κ2) is 10.1. The highest BCUT2D eigenvalue weighted by atomic mass is 16.3. The Balaban J connectivity index is 1.97. The molecular formula is C19H32N4O2. The summed E-state index contributed by atoms with van der Waals surface area (Å²) in [7, 11) is 1.94. The number of carbonyl (C=O) groups excluding carboxylic acids is 1. The third-order valence-corrected chi connectivity index (χ3v) is 4.74. The molecule has 0 saturated heterocycles. The molecule has 140 valence electrons. The van der Waals surface area contributed by atoms with E-state index < -0.39 is 0 Å². The topological polar surface area (TPSA) is 61.1 Å². The van der Waals surface area contributed by atoms with Crippen LogP contribution >= 0.6 is 0 Å². The van der Waals surface area contributed by atoms with E-state index >= 15 is 0 Å². The van der Waals surface area contributed by atoms with Crippen molar-refractivity contribution in [3.63, 3.8) is 0 Å². The average molecular weight is 348 g/mol. The van der Waals surface area contributed by atoms with Crippen molar-refractivity contribution < 1.29 is 9.21 Å². The van der Waals surface area contributed by atoms with Crippen LogP contribution in [0.3, 0.4) is 0 Å². The summed E-state index contributed by atoms with van der Waals surface area (Å²) in [6.07, 6.45) is 7.33. The molecule has 0 aliphatic heterocycles. The van der Waals surface area contributed by atoms with E-state index in [2.05, 4.69) is 5.32 Å². The van der Waals surface area contributed by atoms with Crippen LogP contribution in [-0.4, -0.2) is 60.9 Å². The van der Waals surface area contributed by atoms with Crippen molar-refractivity contribution >= 4 is 11.9 Å². The zero-order chi connectivity index (χ0) is 18.1. The molecular weight excluding hydrogens is 316 g/mol. The lowest BCUT2D eigenvalue weighted by Crippen LogP contribution is -2.48. The van der Waals surface area contributed by atoms with Gasteiger partial charge in [0.15, 0.2) is 5.96 Å². The molecule has 2 rings (SSSR count). The minimum Gasteiger partial charge on any atom is -0.469 e. The van der Waals surface area contributed by atoms with Gasteiger partial charge in [-0.2, -0.15) is 0 Å². The highest BCUT2D eigenvalue weighted by molar-refractivity contribution is 5.86. The van der Waals surface area contributed by atoms with Crippen LogP contribution in [0.25, 0.3) is 0 Å². The van der Waals surface area contributed by atoms with Crippen molar-refractivity contribution in [1.82, 2.24) is 15.1 Å². The average Bonchev–Trinajstić information content (AvgIpc) is 3.28. The summed E-state index contributed by atoms with van der Waals surface area (Å²) >= 11 is 0. The molecule has 1 aliphatic rings. The first kappa shape index (κ1) is 19.3. The lowest BCUT2D eigenvalue weighted by molar-refractivity contribution is -0.131. The first-order valence-corrected chi connectivity index (χ1v) is 9.46. The zero-order valence-corrected chi connectivity index (χ0v) is 15.8.